The largest absolute Gasteiger partial charge is 0.356 e. The van der Waals surface area contributed by atoms with E-state index in [2.05, 4.69) is 41.9 Å². The summed E-state index contributed by atoms with van der Waals surface area (Å²) in [6, 6.07) is 21.3. The lowest BCUT2D eigenvalue weighted by Crippen LogP contribution is -2.30. The molecule has 12 heteroatoms. The summed E-state index contributed by atoms with van der Waals surface area (Å²) < 4.78 is 0. The van der Waals surface area contributed by atoms with E-state index in [0.717, 1.165) is 24.5 Å². The van der Waals surface area contributed by atoms with Gasteiger partial charge in [-0.25, -0.2) is 0 Å². The van der Waals surface area contributed by atoms with Gasteiger partial charge in [-0.1, -0.05) is 0 Å². The van der Waals surface area contributed by atoms with E-state index in [9.17, 15) is 9.59 Å². The summed E-state index contributed by atoms with van der Waals surface area (Å²) in [7, 11) is 0. The van der Waals surface area contributed by atoms with Crippen LogP contribution in [0.2, 0.25) is 0 Å². The molecule has 0 unspecified atom stereocenters. The number of amides is 2. The molecule has 3 aromatic carbocycles. The van der Waals surface area contributed by atoms with Gasteiger partial charge in [-0.05, 0) is 100 Å². The summed E-state index contributed by atoms with van der Waals surface area (Å²) >= 11 is 0. The van der Waals surface area contributed by atoms with Crippen molar-refractivity contribution in [2.45, 2.75) is 27.7 Å². The molecule has 0 radical (unpaired) electrons. The lowest BCUT2D eigenvalue weighted by Gasteiger charge is -2.12. The predicted octanol–water partition coefficient (Wildman–Crippen LogP) is 5.83. The number of nitrogens with zero attached hydrogens (tertiary/aromatic N) is 2. The summed E-state index contributed by atoms with van der Waals surface area (Å²) in [6.45, 7) is 10.8. The number of carbonyl (C=O) groups is 2. The maximum Gasteiger partial charge on any atom is 0.255 e. The van der Waals surface area contributed by atoms with Crippen molar-refractivity contribution in [3.8, 4) is 0 Å². The quantitative estimate of drug-likeness (QED) is 0.126. The smallest absolute Gasteiger partial charge is 0.255 e. The summed E-state index contributed by atoms with van der Waals surface area (Å²) in [5, 5.41) is 18.6. The van der Waals surface area contributed by atoms with E-state index >= 15 is 0 Å². The van der Waals surface area contributed by atoms with Crippen LogP contribution in [0.1, 0.15) is 48.4 Å². The third-order valence-electron chi connectivity index (χ3n) is 5.54. The van der Waals surface area contributed by atoms with E-state index in [1.54, 1.807) is 24.3 Å². The van der Waals surface area contributed by atoms with Crippen LogP contribution in [-0.2, 0) is 0 Å². The molecule has 0 fully saturated rings. The van der Waals surface area contributed by atoms with E-state index in [0.29, 0.717) is 47.5 Å². The van der Waals surface area contributed by atoms with Gasteiger partial charge < -0.3 is 31.9 Å². The highest BCUT2D eigenvalue weighted by molar-refractivity contribution is 6.07. The van der Waals surface area contributed by atoms with Crippen molar-refractivity contribution >= 4 is 71.3 Å². The number of halogens is 2. The first-order valence-corrected chi connectivity index (χ1v) is 13.5. The standard InChI is InChI=1S/C30H38N8O2.2ClH/c1-5-31-29(32-6-2)37-25-17-13-23(14-18-25)35-27(39)21-9-11-22(12-10-21)28(40)36-24-15-19-26(20-16-24)38-30(33-7-3)34-8-4;;/h9-20H,5-8H2,1-4H3,(H,35,39)(H,36,40)(H2,31,32,37)(H2,33,34,38);2*1H. The third-order valence-corrected chi connectivity index (χ3v) is 5.54. The normalized spacial score (nSPS) is 10.9. The first-order valence-electron chi connectivity index (χ1n) is 13.5. The maximum absolute atomic E-state index is 12.7. The molecule has 0 aromatic heterocycles. The molecule has 10 nitrogen and oxygen atoms in total. The van der Waals surface area contributed by atoms with Crippen LogP contribution in [-0.4, -0.2) is 49.9 Å². The first kappa shape index (κ1) is 35.7. The summed E-state index contributed by atoms with van der Waals surface area (Å²) in [4.78, 5) is 34.2. The third kappa shape index (κ3) is 11.3. The highest BCUT2D eigenvalue weighted by atomic mass is 35.5. The molecule has 0 saturated heterocycles. The average Bonchev–Trinajstić information content (AvgIpc) is 2.96. The molecule has 0 aliphatic heterocycles. The van der Waals surface area contributed by atoms with Crippen molar-refractivity contribution in [2.24, 2.45) is 9.98 Å². The Morgan fingerprint density at radius 1 is 0.500 bits per heavy atom. The van der Waals surface area contributed by atoms with Gasteiger partial charge in [0.25, 0.3) is 11.8 Å². The Balaban J connectivity index is 0.00000441. The van der Waals surface area contributed by atoms with Crippen LogP contribution in [0.5, 0.6) is 0 Å². The molecule has 6 N–H and O–H groups in total. The van der Waals surface area contributed by atoms with Crippen LogP contribution < -0.4 is 31.9 Å². The van der Waals surface area contributed by atoms with Crippen LogP contribution in [0.3, 0.4) is 0 Å². The van der Waals surface area contributed by atoms with Crippen LogP contribution in [0, 0.1) is 0 Å². The SMILES string of the molecule is CCN=C(NCC)Nc1ccc(NC(=O)c2ccc(C(=O)Nc3ccc(NC(=NCC)NCC)cc3)cc2)cc1.Cl.Cl. The van der Waals surface area contributed by atoms with Gasteiger partial charge in [0.05, 0.1) is 0 Å². The highest BCUT2D eigenvalue weighted by Gasteiger charge is 2.10. The van der Waals surface area contributed by atoms with Gasteiger partial charge in [0.15, 0.2) is 11.9 Å². The number of aliphatic imine (C=N–C) groups is 2. The maximum atomic E-state index is 12.7. The minimum Gasteiger partial charge on any atom is -0.356 e. The second-order valence-electron chi connectivity index (χ2n) is 8.60. The van der Waals surface area contributed by atoms with E-state index < -0.39 is 0 Å². The van der Waals surface area contributed by atoms with Gasteiger partial charge >= 0.3 is 0 Å². The number of guanidine groups is 2. The molecule has 0 aliphatic rings. The average molecular weight is 616 g/mol. The van der Waals surface area contributed by atoms with Crippen LogP contribution in [0.25, 0.3) is 0 Å². The molecule has 0 saturated carbocycles. The number of hydrogen-bond donors (Lipinski definition) is 6. The Morgan fingerprint density at radius 2 is 0.786 bits per heavy atom. The summed E-state index contributed by atoms with van der Waals surface area (Å²) in [5.41, 5.74) is 3.93. The molecule has 0 heterocycles. The Kier molecular flexibility index (Phi) is 16.1. The van der Waals surface area contributed by atoms with E-state index in [-0.39, 0.29) is 36.6 Å². The Labute approximate surface area is 260 Å². The Morgan fingerprint density at radius 3 is 1.05 bits per heavy atom. The topological polar surface area (TPSA) is 131 Å². The van der Waals surface area contributed by atoms with Crippen molar-refractivity contribution in [2.75, 3.05) is 47.4 Å². The second-order valence-corrected chi connectivity index (χ2v) is 8.60. The van der Waals surface area contributed by atoms with Crippen molar-refractivity contribution in [3.05, 3.63) is 83.9 Å². The Hall–Kier alpha value is -4.28. The number of anilines is 4. The van der Waals surface area contributed by atoms with Crippen molar-refractivity contribution in [1.29, 1.82) is 0 Å². The fourth-order valence-electron chi connectivity index (χ4n) is 3.66. The molecule has 3 aromatic rings. The molecule has 3 rings (SSSR count). The zero-order valence-corrected chi connectivity index (χ0v) is 25.9. The fourth-order valence-corrected chi connectivity index (χ4v) is 3.66. The molecule has 0 spiro atoms. The van der Waals surface area contributed by atoms with Gasteiger partial charge in [-0.2, -0.15) is 0 Å². The molecule has 42 heavy (non-hydrogen) atoms. The van der Waals surface area contributed by atoms with E-state index in [4.69, 9.17) is 0 Å². The summed E-state index contributed by atoms with van der Waals surface area (Å²) in [5.74, 6) is 0.882. The van der Waals surface area contributed by atoms with Crippen LogP contribution >= 0.6 is 24.8 Å². The lowest BCUT2D eigenvalue weighted by atomic mass is 10.1. The number of hydrogen-bond acceptors (Lipinski definition) is 4. The van der Waals surface area contributed by atoms with Gasteiger partial charge in [-0.15, -0.1) is 24.8 Å². The molecular formula is C30H40Cl2N8O2. The van der Waals surface area contributed by atoms with Gasteiger partial charge in [0.1, 0.15) is 0 Å². The molecule has 0 atom stereocenters. The second kappa shape index (κ2) is 19.0. The van der Waals surface area contributed by atoms with E-state index in [1.807, 2.05) is 76.2 Å². The zero-order valence-electron chi connectivity index (χ0n) is 24.3. The minimum atomic E-state index is -0.264. The van der Waals surface area contributed by atoms with Crippen molar-refractivity contribution in [1.82, 2.24) is 10.6 Å². The number of rotatable bonds is 10. The van der Waals surface area contributed by atoms with Crippen molar-refractivity contribution in [3.63, 3.8) is 0 Å². The molecule has 2 amide bonds. The first-order chi connectivity index (χ1) is 19.4. The van der Waals surface area contributed by atoms with Crippen LogP contribution in [0.15, 0.2) is 82.8 Å². The number of benzene rings is 3. The molecular weight excluding hydrogens is 575 g/mol. The number of carbonyl (C=O) groups excluding carboxylic acids is 2. The monoisotopic (exact) mass is 614 g/mol. The van der Waals surface area contributed by atoms with Gasteiger partial charge in [-0.3, -0.25) is 19.6 Å². The molecule has 0 aliphatic carbocycles. The van der Waals surface area contributed by atoms with Crippen LogP contribution in [0.4, 0.5) is 22.7 Å². The Bertz CT molecular complexity index is 1210. The summed E-state index contributed by atoms with van der Waals surface area (Å²) in [6.07, 6.45) is 0. The highest BCUT2D eigenvalue weighted by Crippen LogP contribution is 2.17. The molecule has 0 bridgehead atoms. The van der Waals surface area contributed by atoms with Gasteiger partial charge in [0, 0.05) is 60.1 Å². The molecule has 226 valence electrons. The van der Waals surface area contributed by atoms with Crippen molar-refractivity contribution < 1.29 is 9.59 Å². The lowest BCUT2D eigenvalue weighted by molar-refractivity contribution is 0.101. The van der Waals surface area contributed by atoms with Gasteiger partial charge in [0.2, 0.25) is 0 Å². The van der Waals surface area contributed by atoms with E-state index in [1.165, 1.54) is 0 Å². The number of nitrogens with one attached hydrogen (secondary N) is 6. The predicted molar refractivity (Wildman–Crippen MR) is 180 cm³/mol. The zero-order chi connectivity index (χ0) is 28.7. The fraction of sp³-hybridized carbons (Fsp3) is 0.267. The minimum absolute atomic E-state index is 0.